The first-order chi connectivity index (χ1) is 5.40. The van der Waals surface area contributed by atoms with E-state index in [1.54, 1.807) is 6.92 Å². The number of ether oxygens (including phenoxy) is 1. The minimum atomic E-state index is -0.232. The van der Waals surface area contributed by atoms with Crippen molar-refractivity contribution < 1.29 is 9.53 Å². The molecule has 1 fully saturated rings. The SMILES string of the molecule is CC1OCC(NC(C)(C)C)C1=O. The number of hydrogen-bond donors (Lipinski definition) is 1. The molecule has 2 unspecified atom stereocenters. The molecule has 1 heterocycles. The van der Waals surface area contributed by atoms with Gasteiger partial charge in [0, 0.05) is 5.54 Å². The van der Waals surface area contributed by atoms with Gasteiger partial charge in [0.2, 0.25) is 0 Å². The van der Waals surface area contributed by atoms with Gasteiger partial charge in [-0.05, 0) is 27.7 Å². The molecule has 1 saturated heterocycles. The summed E-state index contributed by atoms with van der Waals surface area (Å²) >= 11 is 0. The number of rotatable bonds is 1. The lowest BCUT2D eigenvalue weighted by Crippen LogP contribution is -2.47. The Balaban J connectivity index is 2.50. The highest BCUT2D eigenvalue weighted by molar-refractivity contribution is 5.89. The van der Waals surface area contributed by atoms with E-state index in [1.165, 1.54) is 0 Å². The zero-order valence-electron chi connectivity index (χ0n) is 8.18. The van der Waals surface area contributed by atoms with Crippen molar-refractivity contribution >= 4 is 5.78 Å². The van der Waals surface area contributed by atoms with Crippen molar-refractivity contribution in [1.82, 2.24) is 5.32 Å². The maximum absolute atomic E-state index is 11.4. The molecular weight excluding hydrogens is 154 g/mol. The lowest BCUT2D eigenvalue weighted by molar-refractivity contribution is -0.123. The Kier molecular flexibility index (Phi) is 2.54. The Bertz CT molecular complexity index is 183. The molecule has 0 aromatic rings. The molecule has 0 bridgehead atoms. The van der Waals surface area contributed by atoms with Crippen LogP contribution in [0.4, 0.5) is 0 Å². The first kappa shape index (κ1) is 9.68. The summed E-state index contributed by atoms with van der Waals surface area (Å²) in [6.07, 6.45) is -0.232. The Morgan fingerprint density at radius 1 is 1.50 bits per heavy atom. The van der Waals surface area contributed by atoms with Gasteiger partial charge < -0.3 is 10.1 Å². The van der Waals surface area contributed by atoms with Crippen LogP contribution in [0.1, 0.15) is 27.7 Å². The minimum Gasteiger partial charge on any atom is -0.369 e. The average Bonchev–Trinajstić information content (AvgIpc) is 2.16. The van der Waals surface area contributed by atoms with Crippen LogP contribution in [0.3, 0.4) is 0 Å². The predicted octanol–water partition coefficient (Wildman–Crippen LogP) is 0.731. The van der Waals surface area contributed by atoms with Gasteiger partial charge in [-0.15, -0.1) is 0 Å². The Morgan fingerprint density at radius 2 is 2.08 bits per heavy atom. The first-order valence-corrected chi connectivity index (χ1v) is 4.33. The molecule has 3 nitrogen and oxygen atoms in total. The Labute approximate surface area is 73.5 Å². The molecule has 1 rings (SSSR count). The van der Waals surface area contributed by atoms with Crippen LogP contribution in [0.2, 0.25) is 0 Å². The second-order valence-electron chi connectivity index (χ2n) is 4.32. The summed E-state index contributed by atoms with van der Waals surface area (Å²) in [6, 6.07) is -0.111. The lowest BCUT2D eigenvalue weighted by Gasteiger charge is -2.23. The molecule has 0 aliphatic carbocycles. The van der Waals surface area contributed by atoms with Crippen molar-refractivity contribution in [3.63, 3.8) is 0 Å². The normalized spacial score (nSPS) is 31.2. The molecule has 1 aliphatic rings. The summed E-state index contributed by atoms with van der Waals surface area (Å²) in [5.41, 5.74) is -0.0201. The maximum Gasteiger partial charge on any atom is 0.180 e. The van der Waals surface area contributed by atoms with Crippen molar-refractivity contribution in [2.45, 2.75) is 45.4 Å². The summed E-state index contributed by atoms with van der Waals surface area (Å²) in [6.45, 7) is 8.44. The average molecular weight is 171 g/mol. The molecule has 2 atom stereocenters. The molecule has 0 saturated carbocycles. The molecule has 1 aliphatic heterocycles. The van der Waals surface area contributed by atoms with Crippen molar-refractivity contribution in [3.05, 3.63) is 0 Å². The molecule has 0 aromatic carbocycles. The second-order valence-corrected chi connectivity index (χ2v) is 4.32. The number of hydrogen-bond acceptors (Lipinski definition) is 3. The van der Waals surface area contributed by atoms with Crippen LogP contribution in [-0.2, 0) is 9.53 Å². The minimum absolute atomic E-state index is 0.0201. The van der Waals surface area contributed by atoms with E-state index in [2.05, 4.69) is 5.32 Å². The van der Waals surface area contributed by atoms with E-state index in [9.17, 15) is 4.79 Å². The number of carbonyl (C=O) groups is 1. The third-order valence-corrected chi connectivity index (χ3v) is 1.86. The van der Waals surface area contributed by atoms with Gasteiger partial charge in [0.15, 0.2) is 5.78 Å². The van der Waals surface area contributed by atoms with Crippen molar-refractivity contribution in [1.29, 1.82) is 0 Å². The van der Waals surface area contributed by atoms with Gasteiger partial charge in [0.1, 0.15) is 6.10 Å². The largest absolute Gasteiger partial charge is 0.369 e. The molecule has 1 N–H and O–H groups in total. The smallest absolute Gasteiger partial charge is 0.180 e. The zero-order chi connectivity index (χ0) is 9.35. The molecule has 0 aromatic heterocycles. The predicted molar refractivity (Wildman–Crippen MR) is 47.1 cm³/mol. The van der Waals surface area contributed by atoms with Gasteiger partial charge in [0.25, 0.3) is 0 Å². The first-order valence-electron chi connectivity index (χ1n) is 4.33. The highest BCUT2D eigenvalue weighted by atomic mass is 16.5. The molecule has 0 spiro atoms. The van der Waals surface area contributed by atoms with Crippen LogP contribution in [0.15, 0.2) is 0 Å². The monoisotopic (exact) mass is 171 g/mol. The van der Waals surface area contributed by atoms with E-state index in [-0.39, 0.29) is 23.5 Å². The molecule has 0 amide bonds. The third kappa shape index (κ3) is 2.29. The molecular formula is C9H17NO2. The van der Waals surface area contributed by atoms with Gasteiger partial charge in [-0.3, -0.25) is 4.79 Å². The van der Waals surface area contributed by atoms with Crippen molar-refractivity contribution in [3.8, 4) is 0 Å². The molecule has 0 radical (unpaired) electrons. The maximum atomic E-state index is 11.4. The third-order valence-electron chi connectivity index (χ3n) is 1.86. The number of carbonyl (C=O) groups excluding carboxylic acids is 1. The van der Waals surface area contributed by atoms with Gasteiger partial charge in [-0.2, -0.15) is 0 Å². The molecule has 12 heavy (non-hydrogen) atoms. The van der Waals surface area contributed by atoms with Gasteiger partial charge >= 0.3 is 0 Å². The van der Waals surface area contributed by atoms with Gasteiger partial charge in [-0.1, -0.05) is 0 Å². The van der Waals surface area contributed by atoms with Crippen molar-refractivity contribution in [2.75, 3.05) is 6.61 Å². The van der Waals surface area contributed by atoms with Crippen LogP contribution in [0.25, 0.3) is 0 Å². The summed E-state index contributed by atoms with van der Waals surface area (Å²) in [5.74, 6) is 0.171. The van der Waals surface area contributed by atoms with E-state index in [1.807, 2.05) is 20.8 Å². The van der Waals surface area contributed by atoms with Crippen LogP contribution >= 0.6 is 0 Å². The summed E-state index contributed by atoms with van der Waals surface area (Å²) in [4.78, 5) is 11.4. The van der Waals surface area contributed by atoms with E-state index in [0.29, 0.717) is 6.61 Å². The summed E-state index contributed by atoms with van der Waals surface area (Å²) in [7, 11) is 0. The van der Waals surface area contributed by atoms with Crippen molar-refractivity contribution in [2.24, 2.45) is 0 Å². The highest BCUT2D eigenvalue weighted by Gasteiger charge is 2.33. The van der Waals surface area contributed by atoms with Gasteiger partial charge in [-0.25, -0.2) is 0 Å². The highest BCUT2D eigenvalue weighted by Crippen LogP contribution is 2.11. The fourth-order valence-electron chi connectivity index (χ4n) is 1.32. The topological polar surface area (TPSA) is 38.3 Å². The Morgan fingerprint density at radius 3 is 2.42 bits per heavy atom. The number of Topliss-reactive ketones (excluding diaryl/α,β-unsaturated/α-hetero) is 1. The van der Waals surface area contributed by atoms with E-state index in [0.717, 1.165) is 0 Å². The van der Waals surface area contributed by atoms with Crippen LogP contribution in [-0.4, -0.2) is 30.1 Å². The van der Waals surface area contributed by atoms with E-state index in [4.69, 9.17) is 4.74 Å². The fourth-order valence-corrected chi connectivity index (χ4v) is 1.32. The van der Waals surface area contributed by atoms with E-state index < -0.39 is 0 Å². The standard InChI is InChI=1S/C9H17NO2/c1-6-8(11)7(5-12-6)10-9(2,3)4/h6-7,10H,5H2,1-4H3. The molecule has 3 heteroatoms. The molecule has 70 valence electrons. The van der Waals surface area contributed by atoms with Crippen LogP contribution < -0.4 is 5.32 Å². The number of ketones is 1. The van der Waals surface area contributed by atoms with E-state index >= 15 is 0 Å². The summed E-state index contributed by atoms with van der Waals surface area (Å²) < 4.78 is 5.21. The summed E-state index contributed by atoms with van der Waals surface area (Å²) in [5, 5.41) is 3.22. The van der Waals surface area contributed by atoms with Crippen LogP contribution in [0, 0.1) is 0 Å². The second kappa shape index (κ2) is 3.15. The fraction of sp³-hybridized carbons (Fsp3) is 0.889. The van der Waals surface area contributed by atoms with Crippen LogP contribution in [0.5, 0.6) is 0 Å². The number of nitrogens with one attached hydrogen (secondary N) is 1. The Hall–Kier alpha value is -0.410. The van der Waals surface area contributed by atoms with Gasteiger partial charge in [0.05, 0.1) is 12.6 Å². The zero-order valence-corrected chi connectivity index (χ0v) is 8.18. The lowest BCUT2D eigenvalue weighted by atomic mass is 10.1. The quantitative estimate of drug-likeness (QED) is 0.632.